The summed E-state index contributed by atoms with van der Waals surface area (Å²) in [6.07, 6.45) is 0. The van der Waals surface area contributed by atoms with Gasteiger partial charge in [-0.2, -0.15) is 0 Å². The van der Waals surface area contributed by atoms with E-state index in [0.29, 0.717) is 4.47 Å². The van der Waals surface area contributed by atoms with Crippen molar-refractivity contribution in [3.05, 3.63) is 57.8 Å². The lowest BCUT2D eigenvalue weighted by Gasteiger charge is -2.06. The Balaban J connectivity index is 2.60. The fraction of sp³-hybridized carbons (Fsp3) is 0. The number of aromatic carboxylic acids is 1. The zero-order valence-electron chi connectivity index (χ0n) is 9.25. The lowest BCUT2D eigenvalue weighted by atomic mass is 10.0. The van der Waals surface area contributed by atoms with Gasteiger partial charge in [-0.15, -0.1) is 0 Å². The minimum Gasteiger partial charge on any atom is -0.478 e. The van der Waals surface area contributed by atoms with Gasteiger partial charge in [0.1, 0.15) is 0 Å². The van der Waals surface area contributed by atoms with Crippen LogP contribution in [0.25, 0.3) is 11.1 Å². The van der Waals surface area contributed by atoms with Crippen molar-refractivity contribution < 1.29 is 23.1 Å². The number of benzene rings is 2. The Morgan fingerprint density at radius 2 is 1.58 bits per heavy atom. The zero-order valence-corrected chi connectivity index (χ0v) is 10.8. The molecule has 0 spiro atoms. The predicted octanol–water partition coefficient (Wildman–Crippen LogP) is 4.23. The predicted molar refractivity (Wildman–Crippen MR) is 66.4 cm³/mol. The van der Waals surface area contributed by atoms with Gasteiger partial charge in [-0.05, 0) is 51.3 Å². The lowest BCUT2D eigenvalue weighted by molar-refractivity contribution is 0.0696. The van der Waals surface area contributed by atoms with Crippen molar-refractivity contribution in [1.29, 1.82) is 0 Å². The summed E-state index contributed by atoms with van der Waals surface area (Å²) in [4.78, 5) is 11.0. The molecule has 0 aromatic heterocycles. The van der Waals surface area contributed by atoms with E-state index in [-0.39, 0.29) is 16.7 Å². The van der Waals surface area contributed by atoms with Gasteiger partial charge in [0.05, 0.1) is 5.56 Å². The van der Waals surface area contributed by atoms with Gasteiger partial charge in [0.2, 0.25) is 0 Å². The van der Waals surface area contributed by atoms with Crippen LogP contribution in [-0.2, 0) is 0 Å². The molecular formula is C13H6BrF3O2. The lowest BCUT2D eigenvalue weighted by Crippen LogP contribution is -1.98. The van der Waals surface area contributed by atoms with Crippen LogP contribution in [0.15, 0.2) is 34.8 Å². The van der Waals surface area contributed by atoms with E-state index in [1.807, 2.05) is 0 Å². The molecule has 0 amide bonds. The van der Waals surface area contributed by atoms with Gasteiger partial charge in [-0.1, -0.05) is 6.07 Å². The highest BCUT2D eigenvalue weighted by molar-refractivity contribution is 9.10. The summed E-state index contributed by atoms with van der Waals surface area (Å²) in [6, 6.07) is 5.79. The highest BCUT2D eigenvalue weighted by atomic mass is 79.9. The van der Waals surface area contributed by atoms with Crippen LogP contribution < -0.4 is 0 Å². The smallest absolute Gasteiger partial charge is 0.336 e. The summed E-state index contributed by atoms with van der Waals surface area (Å²) in [5.74, 6) is -5.39. The molecule has 0 aliphatic rings. The topological polar surface area (TPSA) is 37.3 Å². The van der Waals surface area contributed by atoms with Crippen molar-refractivity contribution in [3.63, 3.8) is 0 Å². The van der Waals surface area contributed by atoms with Crippen LogP contribution in [0.5, 0.6) is 0 Å². The van der Waals surface area contributed by atoms with E-state index in [4.69, 9.17) is 5.11 Å². The fourth-order valence-electron chi connectivity index (χ4n) is 1.59. The molecule has 0 saturated carbocycles. The van der Waals surface area contributed by atoms with Gasteiger partial charge >= 0.3 is 5.97 Å². The van der Waals surface area contributed by atoms with Crippen LogP contribution in [0.2, 0.25) is 0 Å². The van der Waals surface area contributed by atoms with Crippen LogP contribution in [0, 0.1) is 17.5 Å². The standard InChI is InChI=1S/C13H6BrF3O2/c14-9-2-1-6(3-8(9)13(18)19)7-4-10(15)12(17)11(16)5-7/h1-5H,(H,18,19). The van der Waals surface area contributed by atoms with Crippen LogP contribution >= 0.6 is 15.9 Å². The maximum atomic E-state index is 13.1. The van der Waals surface area contributed by atoms with E-state index in [1.165, 1.54) is 18.2 Å². The first-order chi connectivity index (χ1) is 8.90. The molecule has 19 heavy (non-hydrogen) atoms. The van der Waals surface area contributed by atoms with E-state index >= 15 is 0 Å². The molecule has 2 rings (SSSR count). The average molecular weight is 331 g/mol. The Morgan fingerprint density at radius 3 is 2.11 bits per heavy atom. The summed E-state index contributed by atoms with van der Waals surface area (Å²) in [7, 11) is 0. The molecule has 0 unspecified atom stereocenters. The maximum absolute atomic E-state index is 13.1. The number of hydrogen-bond donors (Lipinski definition) is 1. The molecule has 0 radical (unpaired) electrons. The summed E-state index contributed by atoms with van der Waals surface area (Å²) in [6.45, 7) is 0. The summed E-state index contributed by atoms with van der Waals surface area (Å²) in [5.41, 5.74) is 0.285. The molecule has 1 N–H and O–H groups in total. The minimum atomic E-state index is -1.56. The highest BCUT2D eigenvalue weighted by Gasteiger charge is 2.14. The van der Waals surface area contributed by atoms with Crippen LogP contribution in [0.3, 0.4) is 0 Å². The maximum Gasteiger partial charge on any atom is 0.336 e. The number of carboxylic acids is 1. The first-order valence-corrected chi connectivity index (χ1v) is 5.87. The van der Waals surface area contributed by atoms with E-state index in [1.54, 1.807) is 0 Å². The van der Waals surface area contributed by atoms with E-state index in [2.05, 4.69) is 15.9 Å². The number of carboxylic acid groups (broad SMARTS) is 1. The Kier molecular flexibility index (Phi) is 3.61. The second-order valence-corrected chi connectivity index (χ2v) is 4.61. The van der Waals surface area contributed by atoms with Gasteiger partial charge in [0, 0.05) is 4.47 Å². The minimum absolute atomic E-state index is 0.0531. The van der Waals surface area contributed by atoms with Crippen LogP contribution in [-0.4, -0.2) is 11.1 Å². The molecule has 0 bridgehead atoms. The monoisotopic (exact) mass is 330 g/mol. The molecule has 2 nitrogen and oxygen atoms in total. The number of carbonyl (C=O) groups is 1. The molecule has 0 atom stereocenters. The molecule has 6 heteroatoms. The average Bonchev–Trinajstić information content (AvgIpc) is 2.35. The van der Waals surface area contributed by atoms with Gasteiger partial charge in [0.15, 0.2) is 17.5 Å². The molecule has 0 aliphatic heterocycles. The third-order valence-electron chi connectivity index (χ3n) is 2.51. The summed E-state index contributed by atoms with van der Waals surface area (Å²) in [5, 5.41) is 8.95. The number of hydrogen-bond acceptors (Lipinski definition) is 1. The number of halogens is 4. The van der Waals surface area contributed by atoms with E-state index in [0.717, 1.165) is 12.1 Å². The van der Waals surface area contributed by atoms with Crippen molar-refractivity contribution in [3.8, 4) is 11.1 Å². The molecule has 2 aromatic rings. The van der Waals surface area contributed by atoms with Gasteiger partial charge in [0.25, 0.3) is 0 Å². The first kappa shape index (κ1) is 13.6. The highest BCUT2D eigenvalue weighted by Crippen LogP contribution is 2.27. The first-order valence-electron chi connectivity index (χ1n) is 5.08. The third-order valence-corrected chi connectivity index (χ3v) is 3.21. The third kappa shape index (κ3) is 2.63. The van der Waals surface area contributed by atoms with Gasteiger partial charge < -0.3 is 5.11 Å². The second kappa shape index (κ2) is 5.05. The van der Waals surface area contributed by atoms with Crippen LogP contribution in [0.4, 0.5) is 13.2 Å². The Labute approximate surface area is 114 Å². The molecule has 2 aromatic carbocycles. The molecule has 0 heterocycles. The molecular weight excluding hydrogens is 325 g/mol. The summed E-state index contributed by atoms with van der Waals surface area (Å²) >= 11 is 3.06. The van der Waals surface area contributed by atoms with E-state index < -0.39 is 23.4 Å². The Hall–Kier alpha value is -1.82. The molecule has 0 fully saturated rings. The Morgan fingerprint density at radius 1 is 1.00 bits per heavy atom. The second-order valence-electron chi connectivity index (χ2n) is 3.75. The van der Waals surface area contributed by atoms with Crippen molar-refractivity contribution in [2.45, 2.75) is 0 Å². The summed E-state index contributed by atoms with van der Waals surface area (Å²) < 4.78 is 39.4. The largest absolute Gasteiger partial charge is 0.478 e. The van der Waals surface area contributed by atoms with Crippen molar-refractivity contribution in [2.75, 3.05) is 0 Å². The van der Waals surface area contributed by atoms with Crippen LogP contribution in [0.1, 0.15) is 10.4 Å². The zero-order chi connectivity index (χ0) is 14.2. The normalized spacial score (nSPS) is 10.5. The molecule has 98 valence electrons. The van der Waals surface area contributed by atoms with E-state index in [9.17, 15) is 18.0 Å². The quantitative estimate of drug-likeness (QED) is 0.836. The van der Waals surface area contributed by atoms with Crippen molar-refractivity contribution in [1.82, 2.24) is 0 Å². The Bertz CT molecular complexity index is 648. The molecule has 0 saturated heterocycles. The van der Waals surface area contributed by atoms with Crippen molar-refractivity contribution in [2.24, 2.45) is 0 Å². The van der Waals surface area contributed by atoms with Gasteiger partial charge in [-0.25, -0.2) is 18.0 Å². The molecule has 0 aliphatic carbocycles. The van der Waals surface area contributed by atoms with Gasteiger partial charge in [-0.3, -0.25) is 0 Å². The number of rotatable bonds is 2. The van der Waals surface area contributed by atoms with Crippen molar-refractivity contribution >= 4 is 21.9 Å². The fourth-order valence-corrected chi connectivity index (χ4v) is 2.01. The SMILES string of the molecule is O=C(O)c1cc(-c2cc(F)c(F)c(F)c2)ccc1Br.